The van der Waals surface area contributed by atoms with Crippen molar-refractivity contribution in [2.24, 2.45) is 13.0 Å². The van der Waals surface area contributed by atoms with Crippen LogP contribution in [-0.4, -0.2) is 60.8 Å². The maximum absolute atomic E-state index is 14.5. The van der Waals surface area contributed by atoms with Crippen molar-refractivity contribution < 1.29 is 27.1 Å². The number of methoxy groups -OCH3 is 1. The molecular weight excluding hydrogens is 539 g/mol. The fraction of sp³-hybridized carbons (Fsp3) is 0.292. The Balaban J connectivity index is 1.26. The molecule has 202 valence electrons. The molecule has 2 heterocycles. The first-order chi connectivity index (χ1) is 18.0. The molecule has 1 aliphatic rings. The molecule has 0 bridgehead atoms. The van der Waals surface area contributed by atoms with Crippen molar-refractivity contribution in [3.05, 3.63) is 70.9 Å². The third-order valence-corrected chi connectivity index (χ3v) is 7.49. The summed E-state index contributed by atoms with van der Waals surface area (Å²) in [7, 11) is -0.642. The molecule has 3 N–H and O–H groups in total. The predicted molar refractivity (Wildman–Crippen MR) is 138 cm³/mol. The number of benzene rings is 2. The lowest BCUT2D eigenvalue weighted by Crippen LogP contribution is -2.56. The Morgan fingerprint density at radius 3 is 2.55 bits per heavy atom. The highest BCUT2D eigenvalue weighted by Gasteiger charge is 2.34. The predicted octanol–water partition coefficient (Wildman–Crippen LogP) is 2.29. The largest absolute Gasteiger partial charge is 0.497 e. The van der Waals surface area contributed by atoms with Crippen molar-refractivity contribution in [2.45, 2.75) is 6.54 Å². The van der Waals surface area contributed by atoms with Gasteiger partial charge in [-0.2, -0.15) is 0 Å². The Hall–Kier alpha value is -3.68. The van der Waals surface area contributed by atoms with Crippen LogP contribution in [0, 0.1) is 11.7 Å². The van der Waals surface area contributed by atoms with Crippen LogP contribution in [0.3, 0.4) is 0 Å². The van der Waals surface area contributed by atoms with Gasteiger partial charge >= 0.3 is 6.03 Å². The highest BCUT2D eigenvalue weighted by molar-refractivity contribution is 7.89. The van der Waals surface area contributed by atoms with Gasteiger partial charge in [0.15, 0.2) is 5.82 Å². The Morgan fingerprint density at radius 1 is 1.21 bits per heavy atom. The minimum Gasteiger partial charge on any atom is -0.497 e. The molecule has 0 unspecified atom stereocenters. The highest BCUT2D eigenvalue weighted by atomic mass is 35.5. The van der Waals surface area contributed by atoms with Gasteiger partial charge in [-0.05, 0) is 29.8 Å². The first-order valence-corrected chi connectivity index (χ1v) is 13.5. The zero-order valence-corrected chi connectivity index (χ0v) is 22.1. The lowest BCUT2D eigenvalue weighted by atomic mass is 10.0. The van der Waals surface area contributed by atoms with E-state index in [4.69, 9.17) is 16.3 Å². The summed E-state index contributed by atoms with van der Waals surface area (Å²) >= 11 is 5.94. The molecule has 4 rings (SSSR count). The number of likely N-dealkylation sites (tertiary alicyclic amines) is 1. The Kier molecular flexibility index (Phi) is 8.19. The van der Waals surface area contributed by atoms with E-state index in [1.807, 2.05) is 22.4 Å². The van der Waals surface area contributed by atoms with Gasteiger partial charge in [-0.25, -0.2) is 22.6 Å². The van der Waals surface area contributed by atoms with E-state index in [-0.39, 0.29) is 35.8 Å². The summed E-state index contributed by atoms with van der Waals surface area (Å²) in [5, 5.41) is 2.47. The molecule has 1 fully saturated rings. The summed E-state index contributed by atoms with van der Waals surface area (Å²) < 4.78 is 46.2. The van der Waals surface area contributed by atoms with Crippen molar-refractivity contribution in [2.75, 3.05) is 26.0 Å². The smallest absolute Gasteiger partial charge is 0.317 e. The van der Waals surface area contributed by atoms with Crippen LogP contribution in [0.15, 0.2) is 48.9 Å². The minimum absolute atomic E-state index is 0.236. The zero-order chi connectivity index (χ0) is 27.4. The first-order valence-electron chi connectivity index (χ1n) is 11.5. The number of ether oxygens (including phenoxy) is 1. The topological polar surface area (TPSA) is 135 Å². The van der Waals surface area contributed by atoms with E-state index in [1.165, 1.54) is 23.4 Å². The van der Waals surface area contributed by atoms with Crippen LogP contribution in [0.2, 0.25) is 5.02 Å². The molecule has 0 spiro atoms. The van der Waals surface area contributed by atoms with E-state index in [9.17, 15) is 22.4 Å². The van der Waals surface area contributed by atoms with E-state index < -0.39 is 27.3 Å². The highest BCUT2D eigenvalue weighted by Crippen LogP contribution is 2.27. The summed E-state index contributed by atoms with van der Waals surface area (Å²) in [5.74, 6) is -1.94. The minimum atomic E-state index is -3.96. The summed E-state index contributed by atoms with van der Waals surface area (Å²) in [6.07, 6.45) is 3.20. The quantitative estimate of drug-likeness (QED) is 0.341. The number of aromatic nitrogens is 2. The first kappa shape index (κ1) is 27.4. The number of rotatable bonds is 9. The fourth-order valence-electron chi connectivity index (χ4n) is 3.88. The number of nitrogens with zero attached hydrogens (tertiary/aromatic N) is 3. The van der Waals surface area contributed by atoms with Gasteiger partial charge in [-0.15, -0.1) is 4.83 Å². The molecule has 1 aromatic heterocycles. The molecule has 14 heteroatoms. The number of amides is 3. The molecule has 0 aliphatic carbocycles. The third kappa shape index (κ3) is 6.60. The summed E-state index contributed by atoms with van der Waals surface area (Å²) in [5.41, 5.74) is 3.33. The molecule has 0 radical (unpaired) electrons. The molecule has 38 heavy (non-hydrogen) atoms. The van der Waals surface area contributed by atoms with Gasteiger partial charge in [-0.3, -0.25) is 10.2 Å². The van der Waals surface area contributed by atoms with E-state index in [0.29, 0.717) is 23.6 Å². The summed E-state index contributed by atoms with van der Waals surface area (Å²) in [6, 6.07) is 9.50. The monoisotopic (exact) mass is 564 g/mol. The summed E-state index contributed by atoms with van der Waals surface area (Å²) in [4.78, 5) is 32.5. The number of hydrogen-bond donors (Lipinski definition) is 3. The number of hydrazine groups is 1. The van der Waals surface area contributed by atoms with E-state index in [1.54, 1.807) is 37.1 Å². The number of carbonyl (C=O) groups excluding carboxylic acids is 2. The van der Waals surface area contributed by atoms with Crippen LogP contribution < -0.4 is 20.3 Å². The molecular formula is C24H26ClFN6O5S. The van der Waals surface area contributed by atoms with Crippen molar-refractivity contribution in [1.82, 2.24) is 30.0 Å². The van der Waals surface area contributed by atoms with Gasteiger partial charge in [0.2, 0.25) is 10.0 Å². The molecule has 3 amide bonds. The van der Waals surface area contributed by atoms with Gasteiger partial charge in [0.05, 0.1) is 35.5 Å². The number of urea groups is 1. The van der Waals surface area contributed by atoms with Crippen LogP contribution in [0.1, 0.15) is 15.9 Å². The molecule has 0 atom stereocenters. The Bertz CT molecular complexity index is 1440. The second-order valence-corrected chi connectivity index (χ2v) is 11.0. The molecule has 11 nitrogen and oxygen atoms in total. The molecule has 1 saturated heterocycles. The lowest BCUT2D eigenvalue weighted by molar-refractivity contribution is 0.0940. The van der Waals surface area contributed by atoms with Gasteiger partial charge in [0.1, 0.15) is 5.75 Å². The van der Waals surface area contributed by atoms with Crippen LogP contribution >= 0.6 is 11.6 Å². The second kappa shape index (κ2) is 11.4. The maximum Gasteiger partial charge on any atom is 0.317 e. The van der Waals surface area contributed by atoms with Crippen molar-refractivity contribution >= 4 is 33.6 Å². The molecule has 1 aliphatic heterocycles. The number of aryl methyl sites for hydroxylation is 1. The maximum atomic E-state index is 14.5. The van der Waals surface area contributed by atoms with Crippen LogP contribution in [0.25, 0.3) is 11.3 Å². The standard InChI is InChI=1S/C24H26ClFN6O5S/c1-31-12-21(28-14-31)17-7-19(22(26)20(25)8-17)23(33)29-30-38(35,36)13-16-10-32(11-16)24(34)27-9-15-3-5-18(37-2)6-4-15/h3-8,12,14,16,30H,9-11,13H2,1-2H3,(H,27,34)(H,29,33). The van der Waals surface area contributed by atoms with E-state index in [2.05, 4.69) is 10.3 Å². The number of imidazole rings is 1. The normalized spacial score (nSPS) is 13.6. The number of sulfonamides is 1. The van der Waals surface area contributed by atoms with Crippen molar-refractivity contribution in [1.29, 1.82) is 0 Å². The number of nitrogens with one attached hydrogen (secondary N) is 3. The Labute approximate surface area is 224 Å². The SMILES string of the molecule is COc1ccc(CNC(=O)N2CC(CS(=O)(=O)NNC(=O)c3cc(-c4cn(C)cn4)cc(Cl)c3F)C2)cc1. The molecule has 2 aromatic carbocycles. The van der Waals surface area contributed by atoms with Crippen LogP contribution in [0.4, 0.5) is 9.18 Å². The van der Waals surface area contributed by atoms with Gasteiger partial charge in [0.25, 0.3) is 5.91 Å². The van der Waals surface area contributed by atoms with Gasteiger partial charge in [0, 0.05) is 44.4 Å². The lowest BCUT2D eigenvalue weighted by Gasteiger charge is -2.38. The average molecular weight is 565 g/mol. The van der Waals surface area contributed by atoms with Crippen LogP contribution in [0.5, 0.6) is 5.75 Å². The van der Waals surface area contributed by atoms with Gasteiger partial charge in [-0.1, -0.05) is 23.7 Å². The Morgan fingerprint density at radius 2 is 1.92 bits per heavy atom. The number of halogens is 2. The summed E-state index contributed by atoms with van der Waals surface area (Å²) in [6.45, 7) is 0.789. The molecule has 3 aromatic rings. The van der Waals surface area contributed by atoms with E-state index in [0.717, 1.165) is 5.56 Å². The molecule has 0 saturated carbocycles. The number of hydrogen-bond acceptors (Lipinski definition) is 6. The number of carbonyl (C=O) groups is 2. The second-order valence-electron chi connectivity index (χ2n) is 8.86. The third-order valence-electron chi connectivity index (χ3n) is 5.90. The average Bonchev–Trinajstić information content (AvgIpc) is 3.31. The van der Waals surface area contributed by atoms with Crippen molar-refractivity contribution in [3.8, 4) is 17.0 Å². The van der Waals surface area contributed by atoms with Gasteiger partial charge < -0.3 is 19.5 Å². The van der Waals surface area contributed by atoms with Crippen molar-refractivity contribution in [3.63, 3.8) is 0 Å². The zero-order valence-electron chi connectivity index (χ0n) is 20.6. The fourth-order valence-corrected chi connectivity index (χ4v) is 5.26. The van der Waals surface area contributed by atoms with E-state index >= 15 is 0 Å². The van der Waals surface area contributed by atoms with Crippen LogP contribution in [-0.2, 0) is 23.6 Å².